The third-order valence-corrected chi connectivity index (χ3v) is 4.49. The molecule has 0 aliphatic rings. The van der Waals surface area contributed by atoms with E-state index in [1.165, 1.54) is 10.8 Å². The summed E-state index contributed by atoms with van der Waals surface area (Å²) in [5, 5.41) is 11.7. The summed E-state index contributed by atoms with van der Waals surface area (Å²) in [6.45, 7) is 0.476. The molecule has 0 unspecified atom stereocenters. The number of halogens is 1. The number of primary amides is 1. The lowest BCUT2D eigenvalue weighted by Gasteiger charge is -2.09. The quantitative estimate of drug-likeness (QED) is 0.766. The van der Waals surface area contributed by atoms with Crippen LogP contribution in [0, 0.1) is 5.41 Å². The second-order valence-electron chi connectivity index (χ2n) is 4.67. The molecule has 106 valence electrons. The third-order valence-electron chi connectivity index (χ3n) is 3.27. The van der Waals surface area contributed by atoms with Gasteiger partial charge in [0.1, 0.15) is 5.49 Å². The Labute approximate surface area is 129 Å². The predicted molar refractivity (Wildman–Crippen MR) is 84.7 cm³/mol. The average Bonchev–Trinajstić information content (AvgIpc) is 2.85. The first-order chi connectivity index (χ1) is 10.1. The highest BCUT2D eigenvalue weighted by Crippen LogP contribution is 2.26. The first-order valence-electron chi connectivity index (χ1n) is 6.26. The molecular weight excluding hydrogens is 306 g/mol. The van der Waals surface area contributed by atoms with Gasteiger partial charge >= 0.3 is 0 Å². The fourth-order valence-electron chi connectivity index (χ4n) is 2.26. The zero-order chi connectivity index (χ0) is 15.0. The fourth-order valence-corrected chi connectivity index (χ4v) is 3.44. The molecule has 4 nitrogen and oxygen atoms in total. The van der Waals surface area contributed by atoms with Crippen molar-refractivity contribution < 1.29 is 4.79 Å². The number of thiophene rings is 1. The van der Waals surface area contributed by atoms with E-state index in [-0.39, 0.29) is 11.1 Å². The molecule has 0 fully saturated rings. The van der Waals surface area contributed by atoms with Crippen LogP contribution >= 0.6 is 22.9 Å². The number of carbonyl (C=O) groups excluding carboxylic acids is 1. The highest BCUT2D eigenvalue weighted by atomic mass is 35.5. The number of fused-ring (bicyclic) bond motifs is 1. The molecule has 0 aliphatic carbocycles. The number of nitrogens with two attached hydrogens (primary N) is 1. The molecule has 3 N–H and O–H groups in total. The summed E-state index contributed by atoms with van der Waals surface area (Å²) in [4.78, 5) is 11.4. The van der Waals surface area contributed by atoms with Crippen molar-refractivity contribution in [3.63, 3.8) is 0 Å². The van der Waals surface area contributed by atoms with Gasteiger partial charge in [-0.3, -0.25) is 10.2 Å². The van der Waals surface area contributed by atoms with Gasteiger partial charge in [-0.2, -0.15) is 0 Å². The van der Waals surface area contributed by atoms with Crippen molar-refractivity contribution in [2.75, 3.05) is 0 Å². The van der Waals surface area contributed by atoms with Crippen LogP contribution in [0.3, 0.4) is 0 Å². The first kappa shape index (κ1) is 13.9. The fraction of sp³-hybridized carbons (Fsp3) is 0.0667. The summed E-state index contributed by atoms with van der Waals surface area (Å²) in [6.07, 6.45) is 1.64. The maximum atomic E-state index is 11.4. The third kappa shape index (κ3) is 2.57. The Bertz CT molecular complexity index is 897. The van der Waals surface area contributed by atoms with Gasteiger partial charge in [-0.1, -0.05) is 29.8 Å². The van der Waals surface area contributed by atoms with E-state index in [0.29, 0.717) is 11.6 Å². The molecule has 21 heavy (non-hydrogen) atoms. The van der Waals surface area contributed by atoms with Crippen LogP contribution in [0.2, 0.25) is 5.02 Å². The molecule has 0 atom stereocenters. The molecule has 2 aromatic heterocycles. The maximum Gasteiger partial charge on any atom is 0.252 e. The van der Waals surface area contributed by atoms with Crippen molar-refractivity contribution in [3.05, 3.63) is 63.5 Å². The van der Waals surface area contributed by atoms with Crippen LogP contribution in [0.1, 0.15) is 15.9 Å². The van der Waals surface area contributed by atoms with Crippen molar-refractivity contribution in [3.8, 4) is 0 Å². The molecule has 6 heteroatoms. The molecule has 3 aromatic rings. The lowest BCUT2D eigenvalue weighted by atomic mass is 10.1. The number of pyridine rings is 1. The van der Waals surface area contributed by atoms with E-state index in [2.05, 4.69) is 11.4 Å². The van der Waals surface area contributed by atoms with Gasteiger partial charge in [-0.25, -0.2) is 0 Å². The molecule has 0 radical (unpaired) electrons. The van der Waals surface area contributed by atoms with Gasteiger partial charge in [0.25, 0.3) is 5.91 Å². The summed E-state index contributed by atoms with van der Waals surface area (Å²) < 4.78 is 2.83. The molecule has 0 saturated heterocycles. The summed E-state index contributed by atoms with van der Waals surface area (Å²) >= 11 is 7.67. The maximum absolute atomic E-state index is 11.4. The van der Waals surface area contributed by atoms with E-state index >= 15 is 0 Å². The van der Waals surface area contributed by atoms with Crippen molar-refractivity contribution in [1.82, 2.24) is 4.57 Å². The van der Waals surface area contributed by atoms with Gasteiger partial charge in [0.2, 0.25) is 0 Å². The molecular formula is C15H12ClN3OS. The van der Waals surface area contributed by atoms with Crippen LogP contribution in [-0.4, -0.2) is 10.5 Å². The van der Waals surface area contributed by atoms with Gasteiger partial charge in [-0.15, -0.1) is 11.3 Å². The smallest absolute Gasteiger partial charge is 0.252 e. The standard InChI is InChI=1S/C15H12ClN3OS/c16-10-5-12(15(18)20)14(17)19(7-10)6-9-8-21-13-4-2-1-3-11(9)13/h1-5,7-8,17H,6H2,(H2,18,20). The molecule has 0 saturated carbocycles. The highest BCUT2D eigenvalue weighted by molar-refractivity contribution is 7.17. The summed E-state index contributed by atoms with van der Waals surface area (Å²) in [5.41, 5.74) is 6.58. The first-order valence-corrected chi connectivity index (χ1v) is 7.51. The minimum Gasteiger partial charge on any atom is -0.365 e. The highest BCUT2D eigenvalue weighted by Gasteiger charge is 2.10. The normalized spacial score (nSPS) is 10.9. The van der Waals surface area contributed by atoms with Crippen LogP contribution in [0.15, 0.2) is 41.9 Å². The molecule has 1 amide bonds. The Balaban J connectivity index is 2.10. The van der Waals surface area contributed by atoms with Gasteiger partial charge in [-0.05, 0) is 28.5 Å². The number of nitrogens with one attached hydrogen (secondary N) is 1. The zero-order valence-electron chi connectivity index (χ0n) is 11.0. The van der Waals surface area contributed by atoms with Crippen LogP contribution in [-0.2, 0) is 6.54 Å². The Morgan fingerprint density at radius 3 is 2.90 bits per heavy atom. The van der Waals surface area contributed by atoms with E-state index in [0.717, 1.165) is 10.9 Å². The lowest BCUT2D eigenvalue weighted by molar-refractivity contribution is 0.0998. The topological polar surface area (TPSA) is 71.9 Å². The van der Waals surface area contributed by atoms with Crippen molar-refractivity contribution in [2.45, 2.75) is 6.54 Å². The SMILES string of the molecule is N=c1c(C(N)=O)cc(Cl)cn1Cc1csc2ccccc12. The number of hydrogen-bond acceptors (Lipinski definition) is 3. The number of benzene rings is 1. The Morgan fingerprint density at radius 1 is 1.38 bits per heavy atom. The zero-order valence-corrected chi connectivity index (χ0v) is 12.5. The largest absolute Gasteiger partial charge is 0.365 e. The van der Waals surface area contributed by atoms with E-state index in [1.54, 1.807) is 22.1 Å². The Morgan fingerprint density at radius 2 is 2.14 bits per heavy atom. The number of carbonyl (C=O) groups is 1. The van der Waals surface area contributed by atoms with Crippen molar-refractivity contribution in [2.24, 2.45) is 5.73 Å². The molecule has 1 aromatic carbocycles. The molecule has 2 heterocycles. The Kier molecular flexibility index (Phi) is 3.53. The molecule has 0 spiro atoms. The number of rotatable bonds is 3. The number of amides is 1. The summed E-state index contributed by atoms with van der Waals surface area (Å²) in [7, 11) is 0. The van der Waals surface area contributed by atoms with E-state index in [1.807, 2.05) is 18.2 Å². The molecule has 3 rings (SSSR count). The monoisotopic (exact) mass is 317 g/mol. The van der Waals surface area contributed by atoms with Crippen LogP contribution < -0.4 is 11.2 Å². The van der Waals surface area contributed by atoms with Gasteiger partial charge in [0.05, 0.1) is 17.1 Å². The molecule has 0 bridgehead atoms. The van der Waals surface area contributed by atoms with Gasteiger partial charge in [0, 0.05) is 10.9 Å². The van der Waals surface area contributed by atoms with Crippen LogP contribution in [0.4, 0.5) is 0 Å². The minimum absolute atomic E-state index is 0.0715. The van der Waals surface area contributed by atoms with Crippen molar-refractivity contribution >= 4 is 38.9 Å². The van der Waals surface area contributed by atoms with Crippen LogP contribution in [0.25, 0.3) is 10.1 Å². The predicted octanol–water partition coefficient (Wildman–Crippen LogP) is 2.98. The number of nitrogens with zero attached hydrogens (tertiary/aromatic N) is 1. The van der Waals surface area contributed by atoms with E-state index in [4.69, 9.17) is 22.7 Å². The van der Waals surface area contributed by atoms with Crippen molar-refractivity contribution in [1.29, 1.82) is 5.41 Å². The average molecular weight is 318 g/mol. The van der Waals surface area contributed by atoms with E-state index < -0.39 is 5.91 Å². The lowest BCUT2D eigenvalue weighted by Crippen LogP contribution is -2.29. The van der Waals surface area contributed by atoms with E-state index in [9.17, 15) is 4.79 Å². The minimum atomic E-state index is -0.647. The van der Waals surface area contributed by atoms with Gasteiger partial charge in [0.15, 0.2) is 0 Å². The van der Waals surface area contributed by atoms with Crippen LogP contribution in [0.5, 0.6) is 0 Å². The van der Waals surface area contributed by atoms with Gasteiger partial charge < -0.3 is 10.3 Å². The summed E-state index contributed by atoms with van der Waals surface area (Å²) in [5.74, 6) is -0.647. The second kappa shape index (κ2) is 5.35. The number of aromatic nitrogens is 1. The Hall–Kier alpha value is -2.11. The number of hydrogen-bond donors (Lipinski definition) is 2. The summed E-state index contributed by atoms with van der Waals surface area (Å²) in [6, 6.07) is 9.51. The second-order valence-corrected chi connectivity index (χ2v) is 6.02. The molecule has 0 aliphatic heterocycles.